The summed E-state index contributed by atoms with van der Waals surface area (Å²) in [6.07, 6.45) is 7.13. The van der Waals surface area contributed by atoms with E-state index in [0.717, 1.165) is 42.3 Å². The summed E-state index contributed by atoms with van der Waals surface area (Å²) in [5, 5.41) is 3.88. The molecule has 192 valence electrons. The smallest absolute Gasteiger partial charge is 0.318 e. The Labute approximate surface area is 222 Å². The van der Waals surface area contributed by atoms with Gasteiger partial charge in [-0.2, -0.15) is 0 Å². The van der Waals surface area contributed by atoms with Crippen molar-refractivity contribution in [2.75, 3.05) is 6.54 Å². The molecule has 1 aromatic heterocycles. The van der Waals surface area contributed by atoms with E-state index in [4.69, 9.17) is 4.98 Å². The summed E-state index contributed by atoms with van der Waals surface area (Å²) in [6, 6.07) is 14.9. The number of carbonyl (C=O) groups excluding carboxylic acids is 1. The minimum Gasteiger partial charge on any atom is -0.335 e. The van der Waals surface area contributed by atoms with Crippen molar-refractivity contribution in [2.24, 2.45) is 5.92 Å². The van der Waals surface area contributed by atoms with E-state index in [1.807, 2.05) is 53.4 Å². The lowest BCUT2D eigenvalue weighted by Crippen LogP contribution is -2.48. The van der Waals surface area contributed by atoms with Gasteiger partial charge in [-0.15, -0.1) is 0 Å². The van der Waals surface area contributed by atoms with E-state index in [9.17, 15) is 9.59 Å². The highest BCUT2D eigenvalue weighted by molar-refractivity contribution is 9.10. The van der Waals surface area contributed by atoms with Crippen molar-refractivity contribution in [3.8, 4) is 5.69 Å². The van der Waals surface area contributed by atoms with Crippen molar-refractivity contribution in [1.29, 1.82) is 0 Å². The Hall–Kier alpha value is -2.67. The fourth-order valence-electron chi connectivity index (χ4n) is 5.06. The number of benzene rings is 2. The van der Waals surface area contributed by atoms with Gasteiger partial charge in [-0.25, -0.2) is 9.78 Å². The zero-order valence-electron chi connectivity index (χ0n) is 21.5. The van der Waals surface area contributed by atoms with Gasteiger partial charge >= 0.3 is 6.03 Å². The van der Waals surface area contributed by atoms with E-state index in [1.165, 1.54) is 6.42 Å². The molecule has 1 saturated carbocycles. The molecule has 0 spiro atoms. The molecular weight excluding hydrogens is 516 g/mol. The number of aromatic nitrogens is 2. The van der Waals surface area contributed by atoms with Crippen LogP contribution in [0, 0.1) is 5.92 Å². The monoisotopic (exact) mass is 552 g/mol. The van der Waals surface area contributed by atoms with Gasteiger partial charge in [0.05, 0.1) is 22.6 Å². The first-order valence-corrected chi connectivity index (χ1v) is 14.0. The maximum atomic E-state index is 13.8. The van der Waals surface area contributed by atoms with Crippen LogP contribution in [0.15, 0.2) is 57.8 Å². The molecular formula is C29H37BrN4O2. The second-order valence-electron chi connectivity index (χ2n) is 10.2. The van der Waals surface area contributed by atoms with Crippen LogP contribution in [0.5, 0.6) is 0 Å². The van der Waals surface area contributed by atoms with Crippen LogP contribution in [0.4, 0.5) is 4.79 Å². The number of amides is 2. The van der Waals surface area contributed by atoms with Crippen LogP contribution in [0.1, 0.15) is 77.6 Å². The van der Waals surface area contributed by atoms with Gasteiger partial charge in [0.15, 0.2) is 0 Å². The van der Waals surface area contributed by atoms with Gasteiger partial charge in [0.1, 0.15) is 5.82 Å². The van der Waals surface area contributed by atoms with Gasteiger partial charge in [-0.05, 0) is 68.0 Å². The van der Waals surface area contributed by atoms with Crippen molar-refractivity contribution in [1.82, 2.24) is 19.8 Å². The number of halogens is 1. The van der Waals surface area contributed by atoms with E-state index in [1.54, 1.807) is 4.57 Å². The third-order valence-corrected chi connectivity index (χ3v) is 7.62. The molecule has 1 atom stereocenters. The third kappa shape index (κ3) is 6.00. The number of nitrogens with one attached hydrogen (secondary N) is 1. The number of fused-ring (bicyclic) bond motifs is 1. The van der Waals surface area contributed by atoms with E-state index in [0.29, 0.717) is 35.6 Å². The first-order valence-electron chi connectivity index (χ1n) is 13.2. The first kappa shape index (κ1) is 26.4. The number of para-hydroxylation sites is 1. The Morgan fingerprint density at radius 3 is 2.47 bits per heavy atom. The molecule has 1 N–H and O–H groups in total. The molecule has 4 rings (SSSR count). The summed E-state index contributed by atoms with van der Waals surface area (Å²) in [5.41, 5.74) is 1.28. The second-order valence-corrected chi connectivity index (χ2v) is 11.1. The van der Waals surface area contributed by atoms with Crippen LogP contribution in [-0.4, -0.2) is 33.1 Å². The van der Waals surface area contributed by atoms with Crippen molar-refractivity contribution in [2.45, 2.75) is 77.8 Å². The molecule has 1 fully saturated rings. The molecule has 1 aliphatic rings. The van der Waals surface area contributed by atoms with E-state index in [2.05, 4.69) is 42.0 Å². The fraction of sp³-hybridized carbons (Fsp3) is 0.483. The van der Waals surface area contributed by atoms with Crippen molar-refractivity contribution in [3.63, 3.8) is 0 Å². The number of urea groups is 1. The molecule has 36 heavy (non-hydrogen) atoms. The Balaban J connectivity index is 1.82. The molecule has 1 aliphatic carbocycles. The molecule has 7 heteroatoms. The SMILES string of the molecule is CCC(c1nc2ccccc2c(=O)n1-c1ccc(Br)cc1)N(CCC(C)C)C(=O)NC1CCCCC1. The highest BCUT2D eigenvalue weighted by atomic mass is 79.9. The molecule has 1 heterocycles. The highest BCUT2D eigenvalue weighted by Gasteiger charge is 2.30. The highest BCUT2D eigenvalue weighted by Crippen LogP contribution is 2.28. The van der Waals surface area contributed by atoms with Crippen LogP contribution < -0.4 is 10.9 Å². The molecule has 0 saturated heterocycles. The summed E-state index contributed by atoms with van der Waals surface area (Å²) < 4.78 is 2.63. The molecule has 0 aliphatic heterocycles. The summed E-state index contributed by atoms with van der Waals surface area (Å²) in [5.74, 6) is 1.05. The number of nitrogens with zero attached hydrogens (tertiary/aromatic N) is 3. The third-order valence-electron chi connectivity index (χ3n) is 7.09. The number of carbonyl (C=O) groups is 1. The topological polar surface area (TPSA) is 67.2 Å². The van der Waals surface area contributed by atoms with E-state index < -0.39 is 0 Å². The first-order chi connectivity index (χ1) is 17.4. The zero-order chi connectivity index (χ0) is 25.7. The zero-order valence-corrected chi connectivity index (χ0v) is 23.1. The molecule has 2 aromatic carbocycles. The average molecular weight is 554 g/mol. The largest absolute Gasteiger partial charge is 0.335 e. The summed E-state index contributed by atoms with van der Waals surface area (Å²) in [4.78, 5) is 34.5. The normalized spacial score (nSPS) is 15.2. The lowest BCUT2D eigenvalue weighted by Gasteiger charge is -2.35. The summed E-state index contributed by atoms with van der Waals surface area (Å²) >= 11 is 3.50. The molecule has 0 bridgehead atoms. The van der Waals surface area contributed by atoms with Crippen molar-refractivity contribution in [3.05, 3.63) is 69.2 Å². The van der Waals surface area contributed by atoms with E-state index >= 15 is 0 Å². The second kappa shape index (κ2) is 12.0. The minimum absolute atomic E-state index is 0.0563. The van der Waals surface area contributed by atoms with Crippen molar-refractivity contribution >= 4 is 32.9 Å². The Kier molecular flexibility index (Phi) is 8.83. The predicted molar refractivity (Wildman–Crippen MR) is 150 cm³/mol. The summed E-state index contributed by atoms with van der Waals surface area (Å²) in [6.45, 7) is 7.01. The Morgan fingerprint density at radius 2 is 1.81 bits per heavy atom. The van der Waals surface area contributed by atoms with Gasteiger partial charge in [-0.1, -0.05) is 68.1 Å². The summed E-state index contributed by atoms with van der Waals surface area (Å²) in [7, 11) is 0. The van der Waals surface area contributed by atoms with Crippen LogP contribution >= 0.6 is 15.9 Å². The molecule has 2 amide bonds. The lowest BCUT2D eigenvalue weighted by molar-refractivity contribution is 0.157. The van der Waals surface area contributed by atoms with Gasteiger partial charge in [0, 0.05) is 17.1 Å². The standard InChI is InChI=1S/C29H37BrN4O2/c1-4-26(33(19-18-20(2)3)29(36)31-22-10-6-5-7-11-22)27-32-25-13-9-8-12-24(25)28(35)34(27)23-16-14-21(30)15-17-23/h8-9,12-17,20,22,26H,4-7,10-11,18-19H2,1-3H3,(H,31,36). The molecule has 0 radical (unpaired) electrons. The quantitative estimate of drug-likeness (QED) is 0.327. The van der Waals surface area contributed by atoms with Crippen LogP contribution in [-0.2, 0) is 0 Å². The number of hydrogen-bond acceptors (Lipinski definition) is 3. The maximum absolute atomic E-state index is 13.8. The maximum Gasteiger partial charge on any atom is 0.318 e. The van der Waals surface area contributed by atoms with Gasteiger partial charge in [0.25, 0.3) is 5.56 Å². The van der Waals surface area contributed by atoms with Gasteiger partial charge < -0.3 is 10.2 Å². The van der Waals surface area contributed by atoms with Gasteiger partial charge in [0.2, 0.25) is 0 Å². The number of hydrogen-bond donors (Lipinski definition) is 1. The molecule has 3 aromatic rings. The fourth-order valence-corrected chi connectivity index (χ4v) is 5.32. The predicted octanol–water partition coefficient (Wildman–Crippen LogP) is 6.99. The lowest BCUT2D eigenvalue weighted by atomic mass is 9.95. The Morgan fingerprint density at radius 1 is 1.11 bits per heavy atom. The van der Waals surface area contributed by atoms with Crippen LogP contribution in [0.3, 0.4) is 0 Å². The minimum atomic E-state index is -0.340. The number of rotatable bonds is 8. The van der Waals surface area contributed by atoms with Crippen LogP contribution in [0.2, 0.25) is 0 Å². The van der Waals surface area contributed by atoms with Gasteiger partial charge in [-0.3, -0.25) is 9.36 Å². The Bertz CT molecular complexity index is 1230. The van der Waals surface area contributed by atoms with Crippen LogP contribution in [0.25, 0.3) is 16.6 Å². The van der Waals surface area contributed by atoms with Crippen molar-refractivity contribution < 1.29 is 4.79 Å². The molecule has 1 unspecified atom stereocenters. The molecule has 6 nitrogen and oxygen atoms in total. The average Bonchev–Trinajstić information content (AvgIpc) is 2.87. The van der Waals surface area contributed by atoms with E-state index in [-0.39, 0.29) is 23.7 Å².